The van der Waals surface area contributed by atoms with Crippen LogP contribution in [0.3, 0.4) is 0 Å². The van der Waals surface area contributed by atoms with Gasteiger partial charge in [0.1, 0.15) is 18.8 Å². The average molecular weight is 364 g/mol. The molecule has 2 aliphatic heterocycles. The Hall–Kier alpha value is -2.84. The van der Waals surface area contributed by atoms with Crippen molar-refractivity contribution in [3.8, 4) is 11.5 Å². The van der Waals surface area contributed by atoms with Crippen LogP contribution in [-0.2, 0) is 9.53 Å². The number of ether oxygens (including phenoxy) is 3. The topological polar surface area (TPSA) is 108 Å². The van der Waals surface area contributed by atoms with E-state index in [0.717, 1.165) is 31.7 Å². The second kappa shape index (κ2) is 8.03. The van der Waals surface area contributed by atoms with E-state index in [1.807, 2.05) is 0 Å². The molecule has 0 N–H and O–H groups in total. The highest BCUT2D eigenvalue weighted by atomic mass is 16.6. The van der Waals surface area contributed by atoms with Crippen molar-refractivity contribution >= 4 is 17.6 Å². The first-order chi connectivity index (χ1) is 12.6. The van der Waals surface area contributed by atoms with Crippen LogP contribution in [0.4, 0.5) is 5.69 Å². The summed E-state index contributed by atoms with van der Waals surface area (Å²) in [6.45, 7) is 1.40. The first kappa shape index (κ1) is 18.0. The molecule has 0 unspecified atom stereocenters. The van der Waals surface area contributed by atoms with Crippen molar-refractivity contribution in [2.75, 3.05) is 32.9 Å². The van der Waals surface area contributed by atoms with E-state index in [9.17, 15) is 19.7 Å². The number of carbonyl (C=O) groups excluding carboxylic acids is 2. The first-order valence-corrected chi connectivity index (χ1v) is 8.59. The van der Waals surface area contributed by atoms with E-state index in [1.165, 1.54) is 6.07 Å². The van der Waals surface area contributed by atoms with Crippen LogP contribution in [0.1, 0.15) is 36.0 Å². The van der Waals surface area contributed by atoms with Gasteiger partial charge in [-0.3, -0.25) is 14.9 Å². The van der Waals surface area contributed by atoms with Gasteiger partial charge in [-0.05, 0) is 12.8 Å². The molecule has 1 saturated heterocycles. The lowest BCUT2D eigenvalue weighted by Gasteiger charge is -2.20. The minimum absolute atomic E-state index is 0.208. The van der Waals surface area contributed by atoms with Crippen molar-refractivity contribution in [2.45, 2.75) is 25.7 Å². The SMILES string of the molecule is O=C(OCC(=O)N1CCCCCC1)c1cc2c(cc1[N+](=O)[O-])OCCO2. The zero-order valence-corrected chi connectivity index (χ0v) is 14.3. The molecule has 0 atom stereocenters. The van der Waals surface area contributed by atoms with Crippen molar-refractivity contribution < 1.29 is 28.7 Å². The monoisotopic (exact) mass is 364 g/mol. The van der Waals surface area contributed by atoms with Crippen molar-refractivity contribution in [3.05, 3.63) is 27.8 Å². The predicted octanol–water partition coefficient (Wildman–Crippen LogP) is 1.93. The van der Waals surface area contributed by atoms with Gasteiger partial charge in [0.05, 0.1) is 11.0 Å². The molecule has 9 nitrogen and oxygen atoms in total. The summed E-state index contributed by atoms with van der Waals surface area (Å²) in [5.74, 6) is -0.773. The van der Waals surface area contributed by atoms with Crippen LogP contribution in [-0.4, -0.2) is 54.6 Å². The molecule has 3 rings (SSSR count). The van der Waals surface area contributed by atoms with E-state index in [4.69, 9.17) is 14.2 Å². The fourth-order valence-electron chi connectivity index (χ4n) is 3.01. The molecule has 26 heavy (non-hydrogen) atoms. The molecule has 0 radical (unpaired) electrons. The Morgan fingerprint density at radius 1 is 1.08 bits per heavy atom. The third-order valence-electron chi connectivity index (χ3n) is 4.36. The molecule has 0 saturated carbocycles. The van der Waals surface area contributed by atoms with E-state index in [-0.39, 0.29) is 36.2 Å². The maximum atomic E-state index is 12.3. The van der Waals surface area contributed by atoms with Gasteiger partial charge in [-0.2, -0.15) is 0 Å². The van der Waals surface area contributed by atoms with Gasteiger partial charge in [-0.15, -0.1) is 0 Å². The van der Waals surface area contributed by atoms with Gasteiger partial charge >= 0.3 is 5.97 Å². The Bertz CT molecular complexity index is 711. The maximum absolute atomic E-state index is 12.3. The van der Waals surface area contributed by atoms with E-state index in [1.54, 1.807) is 4.90 Å². The summed E-state index contributed by atoms with van der Waals surface area (Å²) in [4.78, 5) is 36.8. The summed E-state index contributed by atoms with van der Waals surface area (Å²) in [6.07, 6.45) is 4.00. The van der Waals surface area contributed by atoms with Crippen LogP contribution in [0.15, 0.2) is 12.1 Å². The number of nitro benzene ring substituents is 1. The van der Waals surface area contributed by atoms with Gasteiger partial charge in [0.25, 0.3) is 11.6 Å². The highest BCUT2D eigenvalue weighted by molar-refractivity contribution is 5.96. The molecule has 1 aromatic rings. The van der Waals surface area contributed by atoms with E-state index in [2.05, 4.69) is 0 Å². The van der Waals surface area contributed by atoms with E-state index >= 15 is 0 Å². The summed E-state index contributed by atoms with van der Waals surface area (Å²) in [6, 6.07) is 2.37. The van der Waals surface area contributed by atoms with Crippen molar-refractivity contribution in [3.63, 3.8) is 0 Å². The highest BCUT2D eigenvalue weighted by Gasteiger charge is 2.28. The predicted molar refractivity (Wildman–Crippen MR) is 89.4 cm³/mol. The Balaban J connectivity index is 1.70. The lowest BCUT2D eigenvalue weighted by atomic mass is 10.1. The number of fused-ring (bicyclic) bond motifs is 1. The minimum Gasteiger partial charge on any atom is -0.486 e. The molecular weight excluding hydrogens is 344 g/mol. The van der Waals surface area contributed by atoms with Crippen LogP contribution in [0, 0.1) is 10.1 Å². The summed E-state index contributed by atoms with van der Waals surface area (Å²) in [7, 11) is 0. The van der Waals surface area contributed by atoms with Gasteiger partial charge < -0.3 is 19.1 Å². The summed E-state index contributed by atoms with van der Waals surface area (Å²) >= 11 is 0. The van der Waals surface area contributed by atoms with E-state index < -0.39 is 23.2 Å². The summed E-state index contributed by atoms with van der Waals surface area (Å²) in [5, 5.41) is 11.3. The number of nitrogens with zero attached hydrogens (tertiary/aromatic N) is 2. The number of benzene rings is 1. The molecule has 140 valence electrons. The van der Waals surface area contributed by atoms with Crippen LogP contribution in [0.5, 0.6) is 11.5 Å². The zero-order chi connectivity index (χ0) is 18.5. The molecule has 2 heterocycles. The molecule has 0 spiro atoms. The van der Waals surface area contributed by atoms with Crippen molar-refractivity contribution in [2.24, 2.45) is 0 Å². The lowest BCUT2D eigenvalue weighted by Crippen LogP contribution is -2.35. The molecule has 0 aliphatic carbocycles. The fraction of sp³-hybridized carbons (Fsp3) is 0.529. The zero-order valence-electron chi connectivity index (χ0n) is 14.3. The van der Waals surface area contributed by atoms with Gasteiger partial charge in [0.2, 0.25) is 0 Å². The number of esters is 1. The summed E-state index contributed by atoms with van der Waals surface area (Å²) < 4.78 is 15.7. The highest BCUT2D eigenvalue weighted by Crippen LogP contribution is 2.36. The average Bonchev–Trinajstić information content (AvgIpc) is 2.94. The number of nitro groups is 1. The van der Waals surface area contributed by atoms with Gasteiger partial charge in [0, 0.05) is 19.2 Å². The van der Waals surface area contributed by atoms with Crippen molar-refractivity contribution in [1.82, 2.24) is 4.90 Å². The van der Waals surface area contributed by atoms with Gasteiger partial charge in [-0.1, -0.05) is 12.8 Å². The van der Waals surface area contributed by atoms with E-state index in [0.29, 0.717) is 13.1 Å². The quantitative estimate of drug-likeness (QED) is 0.456. The normalized spacial score (nSPS) is 16.5. The second-order valence-electron chi connectivity index (χ2n) is 6.14. The van der Waals surface area contributed by atoms with Crippen LogP contribution in [0.25, 0.3) is 0 Å². The smallest absolute Gasteiger partial charge is 0.345 e. The second-order valence-corrected chi connectivity index (χ2v) is 6.14. The number of amides is 1. The molecule has 0 aromatic heterocycles. The maximum Gasteiger partial charge on any atom is 0.345 e. The molecule has 9 heteroatoms. The third-order valence-corrected chi connectivity index (χ3v) is 4.36. The Kier molecular flexibility index (Phi) is 5.55. The molecule has 1 fully saturated rings. The van der Waals surface area contributed by atoms with Gasteiger partial charge in [-0.25, -0.2) is 4.79 Å². The number of likely N-dealkylation sites (tertiary alicyclic amines) is 1. The molecule has 2 aliphatic rings. The number of hydrogen-bond donors (Lipinski definition) is 0. The Labute approximate surface area is 150 Å². The van der Waals surface area contributed by atoms with Crippen molar-refractivity contribution in [1.29, 1.82) is 0 Å². The molecular formula is C17H20N2O7. The number of carbonyl (C=O) groups is 2. The molecule has 1 amide bonds. The first-order valence-electron chi connectivity index (χ1n) is 8.59. The molecule has 0 bridgehead atoms. The van der Waals surface area contributed by atoms with Crippen LogP contribution in [0.2, 0.25) is 0 Å². The minimum atomic E-state index is -0.933. The largest absolute Gasteiger partial charge is 0.486 e. The lowest BCUT2D eigenvalue weighted by molar-refractivity contribution is -0.385. The number of hydrogen-bond acceptors (Lipinski definition) is 7. The number of rotatable bonds is 4. The standard InChI is InChI=1S/C17H20N2O7/c20-16(18-5-3-1-2-4-6-18)11-26-17(21)12-9-14-15(25-8-7-24-14)10-13(12)19(22)23/h9-10H,1-8,11H2. The summed E-state index contributed by atoms with van der Waals surface area (Å²) in [5.41, 5.74) is -0.704. The fourth-order valence-corrected chi connectivity index (χ4v) is 3.01. The Morgan fingerprint density at radius 3 is 2.31 bits per heavy atom. The van der Waals surface area contributed by atoms with Crippen LogP contribution >= 0.6 is 0 Å². The van der Waals surface area contributed by atoms with Crippen LogP contribution < -0.4 is 9.47 Å². The third kappa shape index (κ3) is 4.04. The molecule has 1 aromatic carbocycles. The van der Waals surface area contributed by atoms with Gasteiger partial charge in [0.15, 0.2) is 18.1 Å². The Morgan fingerprint density at radius 2 is 1.69 bits per heavy atom.